The molecule has 0 spiro atoms. The van der Waals surface area contributed by atoms with Gasteiger partial charge in [-0.2, -0.15) is 0 Å². The fourth-order valence-corrected chi connectivity index (χ4v) is 11.2. The summed E-state index contributed by atoms with van der Waals surface area (Å²) in [6.45, 7) is 17.2. The molecule has 0 N–H and O–H groups in total. The third-order valence-corrected chi connectivity index (χ3v) is 16.0. The Balaban J connectivity index is 0.000000116. The highest BCUT2D eigenvalue weighted by Crippen LogP contribution is 2.36. The van der Waals surface area contributed by atoms with Crippen molar-refractivity contribution in [2.45, 2.75) is 55.4 Å². The zero-order valence-electron chi connectivity index (χ0n) is 48.6. The lowest BCUT2D eigenvalue weighted by atomic mass is 9.92. The molecule has 14 rings (SSSR count). The third-order valence-electron chi connectivity index (χ3n) is 16.0. The van der Waals surface area contributed by atoms with Gasteiger partial charge in [0.2, 0.25) is 0 Å². The lowest BCUT2D eigenvalue weighted by Crippen LogP contribution is -1.86. The topological polar surface area (TPSA) is 0 Å². The van der Waals surface area contributed by atoms with Crippen molar-refractivity contribution in [3.8, 4) is 55.6 Å². The Labute approximate surface area is 485 Å². The van der Waals surface area contributed by atoms with E-state index in [4.69, 9.17) is 0 Å². The first-order valence-electron chi connectivity index (χ1n) is 28.7. The molecule has 0 unspecified atom stereocenters. The minimum Gasteiger partial charge on any atom is -0.0616 e. The normalized spacial score (nSPS) is 10.9. The van der Waals surface area contributed by atoms with Crippen molar-refractivity contribution in [1.82, 2.24) is 0 Å². The second kappa shape index (κ2) is 24.4. The number of fused-ring (bicyclic) bond motifs is 8. The number of hydrogen-bond acceptors (Lipinski definition) is 0. The van der Waals surface area contributed by atoms with Crippen LogP contribution in [0.2, 0.25) is 0 Å². The van der Waals surface area contributed by atoms with E-state index in [0.29, 0.717) is 0 Å². The van der Waals surface area contributed by atoms with Gasteiger partial charge in [-0.25, -0.2) is 0 Å². The summed E-state index contributed by atoms with van der Waals surface area (Å²) >= 11 is 0. The molecule has 0 radical (unpaired) electrons. The van der Waals surface area contributed by atoms with Crippen molar-refractivity contribution >= 4 is 53.9 Å². The van der Waals surface area contributed by atoms with Crippen molar-refractivity contribution < 1.29 is 0 Å². The molecule has 0 aromatic heterocycles. The van der Waals surface area contributed by atoms with Crippen LogP contribution in [0, 0.1) is 55.4 Å². The van der Waals surface area contributed by atoms with Crippen LogP contribution in [0.25, 0.3) is 109 Å². The Morgan fingerprint density at radius 3 is 0.598 bits per heavy atom. The molecule has 0 aliphatic heterocycles. The summed E-state index contributed by atoms with van der Waals surface area (Å²) in [7, 11) is 0. The van der Waals surface area contributed by atoms with Crippen molar-refractivity contribution in [3.63, 3.8) is 0 Å². The summed E-state index contributed by atoms with van der Waals surface area (Å²) in [4.78, 5) is 0. The van der Waals surface area contributed by atoms with E-state index < -0.39 is 0 Å². The van der Waals surface area contributed by atoms with Gasteiger partial charge >= 0.3 is 0 Å². The van der Waals surface area contributed by atoms with E-state index in [1.807, 2.05) is 0 Å². The first-order chi connectivity index (χ1) is 39.9. The average Bonchev–Trinajstić information content (AvgIpc) is 3.65. The molecule has 0 aliphatic carbocycles. The molecule has 82 heavy (non-hydrogen) atoms. The minimum absolute atomic E-state index is 1.25. The lowest BCUT2D eigenvalue weighted by molar-refractivity contribution is 1.46. The van der Waals surface area contributed by atoms with E-state index in [2.05, 4.69) is 334 Å². The summed E-state index contributed by atoms with van der Waals surface area (Å²) in [6, 6.07) is 101. The van der Waals surface area contributed by atoms with Crippen LogP contribution in [-0.2, 0) is 0 Å². The molecule has 0 bridgehead atoms. The largest absolute Gasteiger partial charge is 0.0616 e. The van der Waals surface area contributed by atoms with Crippen molar-refractivity contribution in [3.05, 3.63) is 324 Å². The quantitative estimate of drug-likeness (QED) is 0.151. The lowest BCUT2D eigenvalue weighted by Gasteiger charge is -2.12. The second-order valence-electron chi connectivity index (χ2n) is 22.3. The van der Waals surface area contributed by atoms with E-state index in [1.54, 1.807) is 0 Å². The zero-order chi connectivity index (χ0) is 56.7. The van der Waals surface area contributed by atoms with Gasteiger partial charge in [0, 0.05) is 0 Å². The van der Waals surface area contributed by atoms with Gasteiger partial charge in [0.25, 0.3) is 0 Å². The summed E-state index contributed by atoms with van der Waals surface area (Å²) in [6.07, 6.45) is 0. The zero-order valence-corrected chi connectivity index (χ0v) is 48.6. The van der Waals surface area contributed by atoms with E-state index >= 15 is 0 Å². The maximum absolute atomic E-state index is 2.33. The highest BCUT2D eigenvalue weighted by molar-refractivity contribution is 6.19. The van der Waals surface area contributed by atoms with Crippen LogP contribution >= 0.6 is 0 Å². The monoisotopic (exact) mass is 1050 g/mol. The Hall–Kier alpha value is -9.62. The Kier molecular flexibility index (Phi) is 16.2. The molecule has 0 amide bonds. The van der Waals surface area contributed by atoms with Crippen molar-refractivity contribution in [2.75, 3.05) is 0 Å². The smallest absolute Gasteiger partial charge is 0.00961 e. The van der Waals surface area contributed by atoms with Crippen LogP contribution in [0.1, 0.15) is 44.5 Å². The third kappa shape index (κ3) is 12.4. The van der Waals surface area contributed by atoms with Crippen molar-refractivity contribution in [1.29, 1.82) is 0 Å². The summed E-state index contributed by atoms with van der Waals surface area (Å²) in [5.74, 6) is 0. The molecule has 0 aliphatic rings. The van der Waals surface area contributed by atoms with Crippen LogP contribution in [0.3, 0.4) is 0 Å². The van der Waals surface area contributed by atoms with Crippen LogP contribution in [0.15, 0.2) is 279 Å². The molecule has 0 saturated heterocycles. The van der Waals surface area contributed by atoms with Crippen LogP contribution in [-0.4, -0.2) is 0 Å². The van der Waals surface area contributed by atoms with Gasteiger partial charge in [0.15, 0.2) is 0 Å². The first-order valence-corrected chi connectivity index (χ1v) is 28.7. The number of benzene rings is 14. The molecule has 0 saturated carbocycles. The molecular weight excluding hydrogens is 985 g/mol. The van der Waals surface area contributed by atoms with Gasteiger partial charge in [-0.1, -0.05) is 312 Å². The summed E-state index contributed by atoms with van der Waals surface area (Å²) in [5.41, 5.74) is 23.1. The molecule has 0 heterocycles. The molecule has 0 heteroatoms. The van der Waals surface area contributed by atoms with Gasteiger partial charge in [-0.15, -0.1) is 0 Å². The molecular formula is C82H70. The maximum Gasteiger partial charge on any atom is -0.00961 e. The molecule has 0 nitrogen and oxygen atoms in total. The van der Waals surface area contributed by atoms with Crippen LogP contribution in [0.4, 0.5) is 0 Å². The highest BCUT2D eigenvalue weighted by Gasteiger charge is 2.10. The standard InChI is InChI=1S/C26H22.C20H16.C20H18.C16H14/c1-19-3-7-21(8-4-19)23-11-15-25(16-12-23)26-17-13-24(14-18-26)22-9-5-20(2)6-10-22;1-13-11-19-18-10-6-4-8-16(18)14(2)12-20(19)17-9-5-3-7-15(13)17;1-15-3-7-17(8-4-15)19-11-13-20(14-12-19)18-9-5-16(2)6-10-18;1-11-3-7-15-13(9-11)5-6-14-10-12(2)4-8-16(14)15/h3-18H,1-2H3;3-12H,1-2H3;3-14H,1-2H3;3-10H,1-2H3. The SMILES string of the molecule is Cc1cc2c3ccccc3c(C)cc2c2ccccc12.Cc1ccc(-c2ccc(-c3ccc(-c4ccc(C)cc4)cc3)cc2)cc1.Cc1ccc(-c2ccc(-c3ccc(C)cc3)cc2)cc1.Cc1ccc2c(ccc3cc(C)ccc32)c1. The van der Waals surface area contributed by atoms with Crippen molar-refractivity contribution in [2.24, 2.45) is 0 Å². The van der Waals surface area contributed by atoms with Gasteiger partial charge in [0.1, 0.15) is 0 Å². The van der Waals surface area contributed by atoms with Crippen LogP contribution in [0.5, 0.6) is 0 Å². The molecule has 398 valence electrons. The predicted molar refractivity (Wildman–Crippen MR) is 358 cm³/mol. The summed E-state index contributed by atoms with van der Waals surface area (Å²) in [5, 5.41) is 13.5. The Morgan fingerprint density at radius 2 is 0.354 bits per heavy atom. The second-order valence-corrected chi connectivity index (χ2v) is 22.3. The Bertz CT molecular complexity index is 4190. The number of aryl methyl sites for hydroxylation is 8. The fraction of sp³-hybridized carbons (Fsp3) is 0.0976. The van der Waals surface area contributed by atoms with E-state index in [9.17, 15) is 0 Å². The first kappa shape index (κ1) is 54.3. The molecule has 14 aromatic carbocycles. The highest BCUT2D eigenvalue weighted by atomic mass is 14.1. The van der Waals surface area contributed by atoms with E-state index in [-0.39, 0.29) is 0 Å². The van der Waals surface area contributed by atoms with Gasteiger partial charge in [0.05, 0.1) is 0 Å². The van der Waals surface area contributed by atoms with E-state index in [0.717, 1.165) is 0 Å². The van der Waals surface area contributed by atoms with Crippen LogP contribution < -0.4 is 0 Å². The van der Waals surface area contributed by atoms with Gasteiger partial charge in [-0.05, 0) is 176 Å². The maximum atomic E-state index is 2.33. The van der Waals surface area contributed by atoms with E-state index in [1.165, 1.54) is 154 Å². The minimum atomic E-state index is 1.25. The predicted octanol–water partition coefficient (Wildman–Crippen LogP) is 23.3. The molecule has 14 aromatic rings. The van der Waals surface area contributed by atoms with Gasteiger partial charge in [-0.3, -0.25) is 0 Å². The fourth-order valence-electron chi connectivity index (χ4n) is 11.2. The molecule has 0 atom stereocenters. The number of hydrogen-bond donors (Lipinski definition) is 0. The molecule has 0 fully saturated rings. The average molecular weight is 1060 g/mol. The summed E-state index contributed by atoms with van der Waals surface area (Å²) < 4.78 is 0. The van der Waals surface area contributed by atoms with Gasteiger partial charge < -0.3 is 0 Å². The Morgan fingerprint density at radius 1 is 0.146 bits per heavy atom. The number of rotatable bonds is 5.